The number of rotatable bonds is 10. The monoisotopic (exact) mass is 562 g/mol. The van der Waals surface area contributed by atoms with Gasteiger partial charge in [-0.3, -0.25) is 9.69 Å². The fourth-order valence-electron chi connectivity index (χ4n) is 4.87. The van der Waals surface area contributed by atoms with Crippen molar-refractivity contribution in [2.75, 3.05) is 11.9 Å². The largest absolute Gasteiger partial charge is 0.439 e. The number of carbonyl (C=O) groups excluding carboxylic acids is 2. The number of nitrogens with two attached hydrogens (primary N) is 1. The number of amides is 3. The second-order valence-electron chi connectivity index (χ2n) is 10.0. The number of hydrogen-bond acceptors (Lipinski definition) is 6. The highest BCUT2D eigenvalue weighted by Gasteiger charge is 2.29. The molecule has 4 N–H and O–H groups in total. The van der Waals surface area contributed by atoms with Crippen LogP contribution in [0.25, 0.3) is 0 Å². The third-order valence-electron chi connectivity index (χ3n) is 7.02. The number of hydrogen-bond donors (Lipinski definition) is 3. The average Bonchev–Trinajstić information content (AvgIpc) is 2.95. The average molecular weight is 563 g/mol. The summed E-state index contributed by atoms with van der Waals surface area (Å²) in [6, 6.07) is 13.5. The molecule has 1 aliphatic rings. The quantitative estimate of drug-likeness (QED) is 0.300. The Morgan fingerprint density at radius 2 is 1.95 bits per heavy atom. The normalized spacial score (nSPS) is 16.9. The first-order valence-corrected chi connectivity index (χ1v) is 13.5. The predicted octanol–water partition coefficient (Wildman–Crippen LogP) is 5.47. The predicted molar refractivity (Wildman–Crippen MR) is 149 cm³/mol. The molecule has 3 amide bonds. The molecule has 2 aromatic carbocycles. The summed E-state index contributed by atoms with van der Waals surface area (Å²) in [5, 5.41) is 14.2. The number of carbonyl (C=O) groups is 2. The molecule has 0 aliphatic carbocycles. The van der Waals surface area contributed by atoms with Crippen molar-refractivity contribution in [1.82, 2.24) is 15.2 Å². The molecule has 9 nitrogen and oxygen atoms in total. The minimum Gasteiger partial charge on any atom is -0.439 e. The van der Waals surface area contributed by atoms with Gasteiger partial charge in [0.1, 0.15) is 17.4 Å². The van der Waals surface area contributed by atoms with Gasteiger partial charge in [-0.15, -0.1) is 0 Å². The van der Waals surface area contributed by atoms with Crippen molar-refractivity contribution < 1.29 is 23.1 Å². The van der Waals surface area contributed by atoms with Gasteiger partial charge in [0.05, 0.1) is 22.9 Å². The van der Waals surface area contributed by atoms with Crippen LogP contribution < -0.4 is 21.1 Å². The smallest absolute Gasteiger partial charge is 0.319 e. The van der Waals surface area contributed by atoms with Gasteiger partial charge >= 0.3 is 6.03 Å². The fourth-order valence-corrected chi connectivity index (χ4v) is 4.87. The van der Waals surface area contributed by atoms with E-state index in [1.807, 2.05) is 12.1 Å². The van der Waals surface area contributed by atoms with Crippen LogP contribution in [-0.2, 0) is 6.54 Å². The second-order valence-corrected chi connectivity index (χ2v) is 10.0. The molecule has 0 saturated carbocycles. The number of nitrogens with one attached hydrogen (secondary N) is 2. The number of halogens is 2. The van der Waals surface area contributed by atoms with Crippen molar-refractivity contribution in [3.8, 4) is 17.7 Å². The molecule has 2 atom stereocenters. The number of nitrogens with zero attached hydrogens (tertiary/aromatic N) is 3. The lowest BCUT2D eigenvalue weighted by atomic mass is 9.93. The Kier molecular flexibility index (Phi) is 9.81. The second kappa shape index (κ2) is 13.7. The van der Waals surface area contributed by atoms with Crippen LogP contribution in [0, 0.1) is 23.0 Å². The van der Waals surface area contributed by atoms with Gasteiger partial charge < -0.3 is 21.1 Å². The molecule has 11 heteroatoms. The minimum absolute atomic E-state index is 0.145. The van der Waals surface area contributed by atoms with Gasteiger partial charge in [-0.1, -0.05) is 25.8 Å². The molecule has 1 saturated heterocycles. The number of pyridine rings is 1. The molecule has 1 aliphatic heterocycles. The molecule has 2 unspecified atom stereocenters. The summed E-state index contributed by atoms with van der Waals surface area (Å²) < 4.78 is 33.7. The van der Waals surface area contributed by atoms with E-state index >= 15 is 0 Å². The van der Waals surface area contributed by atoms with Crippen LogP contribution in [0.15, 0.2) is 54.7 Å². The molecule has 1 aromatic heterocycles. The number of nitriles is 1. The van der Waals surface area contributed by atoms with E-state index in [4.69, 9.17) is 15.7 Å². The van der Waals surface area contributed by atoms with Crippen LogP contribution >= 0.6 is 0 Å². The van der Waals surface area contributed by atoms with Crippen molar-refractivity contribution >= 4 is 17.6 Å². The topological polar surface area (TPSA) is 133 Å². The van der Waals surface area contributed by atoms with E-state index in [2.05, 4.69) is 33.5 Å². The zero-order chi connectivity index (χ0) is 29.4. The number of anilines is 1. The number of unbranched alkanes of at least 4 members (excludes halogenated alkanes) is 1. The lowest BCUT2D eigenvalue weighted by molar-refractivity contribution is 0.0996. The van der Waals surface area contributed by atoms with E-state index in [1.54, 1.807) is 30.5 Å². The van der Waals surface area contributed by atoms with E-state index in [0.717, 1.165) is 37.4 Å². The molecule has 3 aromatic rings. The summed E-state index contributed by atoms with van der Waals surface area (Å²) in [5.74, 6) is -2.09. The number of piperidine rings is 1. The molecule has 41 heavy (non-hydrogen) atoms. The Morgan fingerprint density at radius 3 is 2.61 bits per heavy atom. The Balaban J connectivity index is 1.34. The van der Waals surface area contributed by atoms with Crippen molar-refractivity contribution in [2.45, 2.75) is 57.7 Å². The molecule has 0 radical (unpaired) electrons. The van der Waals surface area contributed by atoms with Gasteiger partial charge in [-0.05, 0) is 55.2 Å². The van der Waals surface area contributed by atoms with Gasteiger partial charge in [-0.2, -0.15) is 5.26 Å². The van der Waals surface area contributed by atoms with Crippen LogP contribution in [0.4, 0.5) is 19.3 Å². The number of urea groups is 1. The van der Waals surface area contributed by atoms with E-state index in [9.17, 15) is 18.4 Å². The van der Waals surface area contributed by atoms with Gasteiger partial charge in [-0.25, -0.2) is 18.6 Å². The van der Waals surface area contributed by atoms with Crippen molar-refractivity contribution in [1.29, 1.82) is 5.26 Å². The number of ether oxygens (including phenoxy) is 1. The Bertz CT molecular complexity index is 1410. The number of benzene rings is 2. The highest BCUT2D eigenvalue weighted by Crippen LogP contribution is 2.26. The molecule has 2 heterocycles. The van der Waals surface area contributed by atoms with E-state index in [-0.39, 0.29) is 17.8 Å². The lowest BCUT2D eigenvalue weighted by Gasteiger charge is -2.40. The summed E-state index contributed by atoms with van der Waals surface area (Å²) >= 11 is 0. The van der Waals surface area contributed by atoms with Crippen molar-refractivity contribution in [3.63, 3.8) is 0 Å². The molecular formula is C30H32F2N6O3. The van der Waals surface area contributed by atoms with Crippen molar-refractivity contribution in [3.05, 3.63) is 83.1 Å². The molecular weight excluding hydrogens is 530 g/mol. The molecule has 214 valence electrons. The van der Waals surface area contributed by atoms with Crippen LogP contribution in [0.1, 0.15) is 60.5 Å². The van der Waals surface area contributed by atoms with Crippen LogP contribution in [0.3, 0.4) is 0 Å². The summed E-state index contributed by atoms with van der Waals surface area (Å²) in [6.07, 6.45) is 6.20. The molecule has 1 fully saturated rings. The number of aromatic nitrogens is 1. The first-order valence-electron chi connectivity index (χ1n) is 13.5. The van der Waals surface area contributed by atoms with Crippen LogP contribution in [0.2, 0.25) is 0 Å². The standard InChI is InChI=1S/C30H32F2N6O3/c1-2-3-4-22-13-21(36-30(40)37-27-14-24(29(34)39)25(31)15-26(27)32)11-12-38(22)18-20-7-10-28(35-17-20)41-23-8-5-19(16-33)6-9-23/h5-10,14-15,17,21-22H,2-4,11-13,18H2,1H3,(H2,34,39)(H2,36,37,40). The maximum atomic E-state index is 14.2. The first-order chi connectivity index (χ1) is 19.7. The Hall–Kier alpha value is -4.56. The highest BCUT2D eigenvalue weighted by atomic mass is 19.1. The fraction of sp³-hybridized carbons (Fsp3) is 0.333. The van der Waals surface area contributed by atoms with Crippen LogP contribution in [-0.4, -0.2) is 40.5 Å². The molecule has 0 bridgehead atoms. The SMILES string of the molecule is CCCCC1CC(NC(=O)Nc2cc(C(N)=O)c(F)cc2F)CCN1Cc1ccc(Oc2ccc(C#N)cc2)nc1. The zero-order valence-electron chi connectivity index (χ0n) is 22.7. The van der Waals surface area contributed by atoms with E-state index in [1.165, 1.54) is 0 Å². The first kappa shape index (κ1) is 29.4. The van der Waals surface area contributed by atoms with Crippen LogP contribution in [0.5, 0.6) is 11.6 Å². The van der Waals surface area contributed by atoms with E-state index in [0.29, 0.717) is 42.6 Å². The maximum absolute atomic E-state index is 14.2. The number of primary amides is 1. The van der Waals surface area contributed by atoms with E-state index < -0.39 is 29.1 Å². The lowest BCUT2D eigenvalue weighted by Crippen LogP contribution is -2.50. The minimum atomic E-state index is -1.09. The third-order valence-corrected chi connectivity index (χ3v) is 7.02. The Labute approximate surface area is 237 Å². The summed E-state index contributed by atoms with van der Waals surface area (Å²) in [5.41, 5.74) is 5.89. The maximum Gasteiger partial charge on any atom is 0.319 e. The number of likely N-dealkylation sites (tertiary alicyclic amines) is 1. The summed E-state index contributed by atoms with van der Waals surface area (Å²) in [4.78, 5) is 30.8. The zero-order valence-corrected chi connectivity index (χ0v) is 22.7. The summed E-state index contributed by atoms with van der Waals surface area (Å²) in [7, 11) is 0. The van der Waals surface area contributed by atoms with Crippen molar-refractivity contribution in [2.24, 2.45) is 5.73 Å². The van der Waals surface area contributed by atoms with Gasteiger partial charge in [0.15, 0.2) is 0 Å². The molecule has 4 rings (SSSR count). The third kappa shape index (κ3) is 7.99. The summed E-state index contributed by atoms with van der Waals surface area (Å²) in [6.45, 7) is 3.55. The van der Waals surface area contributed by atoms with Gasteiger partial charge in [0, 0.05) is 43.5 Å². The Morgan fingerprint density at radius 1 is 1.17 bits per heavy atom. The van der Waals surface area contributed by atoms with Gasteiger partial charge in [0.25, 0.3) is 5.91 Å². The highest BCUT2D eigenvalue weighted by molar-refractivity contribution is 5.96. The van der Waals surface area contributed by atoms with Gasteiger partial charge in [0.2, 0.25) is 5.88 Å². The molecule has 0 spiro atoms.